The Kier molecular flexibility index (Phi) is 1.90. The normalized spacial score (nSPS) is 22.2. The number of benzene rings is 1. The molecule has 0 spiro atoms. The summed E-state index contributed by atoms with van der Waals surface area (Å²) in [5.41, 5.74) is 2.88. The SMILES string of the molecule is CC(=O)N1CC2CCC(=O)c3cccc1c32. The monoisotopic (exact) mass is 215 g/mol. The van der Waals surface area contributed by atoms with E-state index in [0.29, 0.717) is 12.3 Å². The Hall–Kier alpha value is -1.64. The zero-order valence-electron chi connectivity index (χ0n) is 9.19. The van der Waals surface area contributed by atoms with Crippen LogP contribution in [0.2, 0.25) is 0 Å². The summed E-state index contributed by atoms with van der Waals surface area (Å²) in [7, 11) is 0. The molecular formula is C13H13NO2. The number of Topliss-reactive ketones (excluding diaryl/α,β-unsaturated/α-hetero) is 1. The second kappa shape index (κ2) is 3.17. The molecule has 3 heteroatoms. The predicted molar refractivity (Wildman–Crippen MR) is 60.8 cm³/mol. The first-order chi connectivity index (χ1) is 7.68. The highest BCUT2D eigenvalue weighted by Gasteiger charge is 2.36. The van der Waals surface area contributed by atoms with Crippen LogP contribution in [0.4, 0.5) is 5.69 Å². The number of rotatable bonds is 0. The van der Waals surface area contributed by atoms with E-state index in [1.807, 2.05) is 18.2 Å². The fourth-order valence-electron chi connectivity index (χ4n) is 2.84. The lowest BCUT2D eigenvalue weighted by atomic mass is 9.83. The van der Waals surface area contributed by atoms with Crippen LogP contribution in [0.1, 0.15) is 41.6 Å². The van der Waals surface area contributed by atoms with Crippen LogP contribution in [-0.4, -0.2) is 18.2 Å². The highest BCUT2D eigenvalue weighted by molar-refractivity contribution is 6.03. The molecule has 3 rings (SSSR count). The van der Waals surface area contributed by atoms with Gasteiger partial charge < -0.3 is 4.90 Å². The van der Waals surface area contributed by atoms with Gasteiger partial charge >= 0.3 is 0 Å². The van der Waals surface area contributed by atoms with Gasteiger partial charge in [0.2, 0.25) is 5.91 Å². The lowest BCUT2D eigenvalue weighted by Gasteiger charge is -2.18. The third-order valence-corrected chi connectivity index (χ3v) is 3.59. The molecule has 3 nitrogen and oxygen atoms in total. The van der Waals surface area contributed by atoms with Crippen molar-refractivity contribution in [2.75, 3.05) is 11.4 Å². The van der Waals surface area contributed by atoms with Crippen molar-refractivity contribution >= 4 is 17.4 Å². The molecule has 0 saturated heterocycles. The quantitative estimate of drug-likeness (QED) is 0.664. The Morgan fingerprint density at radius 1 is 1.44 bits per heavy atom. The lowest BCUT2D eigenvalue weighted by Crippen LogP contribution is -2.27. The van der Waals surface area contributed by atoms with Gasteiger partial charge in [-0.3, -0.25) is 9.59 Å². The van der Waals surface area contributed by atoms with Crippen molar-refractivity contribution in [2.45, 2.75) is 25.7 Å². The molecule has 1 aromatic rings. The van der Waals surface area contributed by atoms with Crippen molar-refractivity contribution in [3.63, 3.8) is 0 Å². The Morgan fingerprint density at radius 2 is 2.25 bits per heavy atom. The van der Waals surface area contributed by atoms with Crippen LogP contribution in [0.5, 0.6) is 0 Å². The fraction of sp³-hybridized carbons (Fsp3) is 0.385. The maximum absolute atomic E-state index is 11.8. The molecule has 0 N–H and O–H groups in total. The third kappa shape index (κ3) is 1.14. The first-order valence-corrected chi connectivity index (χ1v) is 5.62. The molecule has 16 heavy (non-hydrogen) atoms. The summed E-state index contributed by atoms with van der Waals surface area (Å²) in [4.78, 5) is 25.1. The minimum absolute atomic E-state index is 0.0650. The lowest BCUT2D eigenvalue weighted by molar-refractivity contribution is -0.116. The second-order valence-corrected chi connectivity index (χ2v) is 4.53. The van der Waals surface area contributed by atoms with E-state index in [2.05, 4.69) is 0 Å². The Balaban J connectivity index is 2.20. The molecule has 0 radical (unpaired) electrons. The van der Waals surface area contributed by atoms with Crippen molar-refractivity contribution in [3.05, 3.63) is 29.3 Å². The minimum Gasteiger partial charge on any atom is -0.312 e. The largest absolute Gasteiger partial charge is 0.312 e. The molecule has 82 valence electrons. The maximum Gasteiger partial charge on any atom is 0.223 e. The number of carbonyl (C=O) groups excluding carboxylic acids is 2. The second-order valence-electron chi connectivity index (χ2n) is 4.53. The van der Waals surface area contributed by atoms with Crippen LogP contribution in [-0.2, 0) is 4.79 Å². The molecule has 1 unspecified atom stereocenters. The molecular weight excluding hydrogens is 202 g/mol. The molecule has 1 aliphatic heterocycles. The third-order valence-electron chi connectivity index (χ3n) is 3.59. The number of anilines is 1. The summed E-state index contributed by atoms with van der Waals surface area (Å²) in [5, 5.41) is 0. The van der Waals surface area contributed by atoms with Crippen LogP contribution in [0, 0.1) is 0 Å². The van der Waals surface area contributed by atoms with Crippen molar-refractivity contribution in [1.29, 1.82) is 0 Å². The van der Waals surface area contributed by atoms with E-state index in [1.165, 1.54) is 0 Å². The average molecular weight is 215 g/mol. The number of amides is 1. The Labute approximate surface area is 94.1 Å². The van der Waals surface area contributed by atoms with Crippen LogP contribution < -0.4 is 4.90 Å². The summed E-state index contributed by atoms with van der Waals surface area (Å²) < 4.78 is 0. The topological polar surface area (TPSA) is 37.4 Å². The van der Waals surface area contributed by atoms with Crippen molar-refractivity contribution in [3.8, 4) is 0 Å². The molecule has 1 amide bonds. The summed E-state index contributed by atoms with van der Waals surface area (Å²) in [6, 6.07) is 5.70. The summed E-state index contributed by atoms with van der Waals surface area (Å²) in [6.07, 6.45) is 1.50. The maximum atomic E-state index is 11.8. The van der Waals surface area contributed by atoms with E-state index in [0.717, 1.165) is 29.8 Å². The van der Waals surface area contributed by atoms with Gasteiger partial charge in [-0.15, -0.1) is 0 Å². The van der Waals surface area contributed by atoms with E-state index < -0.39 is 0 Å². The predicted octanol–water partition coefficient (Wildman–Crippen LogP) is 2.11. The van der Waals surface area contributed by atoms with Crippen molar-refractivity contribution in [1.82, 2.24) is 0 Å². The molecule has 1 aromatic carbocycles. The minimum atomic E-state index is 0.0650. The van der Waals surface area contributed by atoms with E-state index in [9.17, 15) is 9.59 Å². The van der Waals surface area contributed by atoms with Gasteiger partial charge in [-0.1, -0.05) is 12.1 Å². The molecule has 1 aliphatic carbocycles. The van der Waals surface area contributed by atoms with Gasteiger partial charge in [0, 0.05) is 37.1 Å². The highest BCUT2D eigenvalue weighted by atomic mass is 16.2. The first kappa shape index (κ1) is 9.58. The van der Waals surface area contributed by atoms with Crippen LogP contribution in [0.3, 0.4) is 0 Å². The van der Waals surface area contributed by atoms with Gasteiger partial charge in [0.25, 0.3) is 0 Å². The zero-order chi connectivity index (χ0) is 11.3. The fourth-order valence-corrected chi connectivity index (χ4v) is 2.84. The van der Waals surface area contributed by atoms with E-state index in [4.69, 9.17) is 0 Å². The van der Waals surface area contributed by atoms with Crippen LogP contribution in [0.15, 0.2) is 18.2 Å². The summed E-state index contributed by atoms with van der Waals surface area (Å²) >= 11 is 0. The average Bonchev–Trinajstić information content (AvgIpc) is 2.64. The molecule has 0 fully saturated rings. The van der Waals surface area contributed by atoms with Crippen molar-refractivity contribution < 1.29 is 9.59 Å². The number of carbonyl (C=O) groups is 2. The number of ketones is 1. The smallest absolute Gasteiger partial charge is 0.223 e. The molecule has 0 aromatic heterocycles. The molecule has 0 saturated carbocycles. The first-order valence-electron chi connectivity index (χ1n) is 5.62. The summed E-state index contributed by atoms with van der Waals surface area (Å²) in [5.74, 6) is 0.654. The van der Waals surface area contributed by atoms with Gasteiger partial charge in [0.1, 0.15) is 0 Å². The van der Waals surface area contributed by atoms with Gasteiger partial charge in [0.05, 0.1) is 0 Å². The standard InChI is InChI=1S/C13H13NO2/c1-8(15)14-7-9-5-6-12(16)10-3-2-4-11(14)13(9)10/h2-4,9H,5-7H2,1H3. The Bertz CT molecular complexity index is 493. The van der Waals surface area contributed by atoms with Crippen LogP contribution in [0.25, 0.3) is 0 Å². The number of hydrogen-bond donors (Lipinski definition) is 0. The van der Waals surface area contributed by atoms with E-state index in [-0.39, 0.29) is 11.7 Å². The highest BCUT2D eigenvalue weighted by Crippen LogP contribution is 2.44. The molecule has 2 aliphatic rings. The van der Waals surface area contributed by atoms with E-state index >= 15 is 0 Å². The van der Waals surface area contributed by atoms with Gasteiger partial charge in [0.15, 0.2) is 5.78 Å². The van der Waals surface area contributed by atoms with Crippen LogP contribution >= 0.6 is 0 Å². The summed E-state index contributed by atoms with van der Waals surface area (Å²) in [6.45, 7) is 2.33. The molecule has 1 atom stereocenters. The van der Waals surface area contributed by atoms with Crippen molar-refractivity contribution in [2.24, 2.45) is 0 Å². The van der Waals surface area contributed by atoms with E-state index in [1.54, 1.807) is 11.8 Å². The van der Waals surface area contributed by atoms with Gasteiger partial charge in [-0.05, 0) is 18.1 Å². The zero-order valence-corrected chi connectivity index (χ0v) is 9.19. The number of hydrogen-bond acceptors (Lipinski definition) is 2. The number of nitrogens with zero attached hydrogens (tertiary/aromatic N) is 1. The molecule has 0 bridgehead atoms. The Morgan fingerprint density at radius 3 is 3.00 bits per heavy atom. The van der Waals surface area contributed by atoms with Gasteiger partial charge in [-0.2, -0.15) is 0 Å². The molecule has 1 heterocycles. The van der Waals surface area contributed by atoms with Gasteiger partial charge in [-0.25, -0.2) is 0 Å².